The highest BCUT2D eigenvalue weighted by Gasteiger charge is 2.26. The minimum atomic E-state index is -0.731. The van der Waals surface area contributed by atoms with Crippen LogP contribution >= 0.6 is 10.5 Å². The molecule has 0 saturated carbocycles. The zero-order valence-corrected chi connectivity index (χ0v) is 22.6. The van der Waals surface area contributed by atoms with Crippen LogP contribution in [-0.2, 0) is 15.1 Å². The van der Waals surface area contributed by atoms with Gasteiger partial charge in [-0.2, -0.15) is 0 Å². The van der Waals surface area contributed by atoms with Crippen LogP contribution in [-0.4, -0.2) is 12.6 Å². The Bertz CT molecular complexity index is 1340. The van der Waals surface area contributed by atoms with E-state index in [0.717, 1.165) is 22.4 Å². The number of ether oxygens (including phenoxy) is 2. The highest BCUT2D eigenvalue weighted by atomic mass is 32.2. The molecule has 3 aromatic carbocycles. The fourth-order valence-corrected chi connectivity index (χ4v) is 6.82. The predicted molar refractivity (Wildman–Crippen MR) is 147 cm³/mol. The minimum Gasteiger partial charge on any atom is -0.481 e. The van der Waals surface area contributed by atoms with E-state index in [4.69, 9.17) is 9.47 Å². The van der Waals surface area contributed by atoms with E-state index in [2.05, 4.69) is 74.7 Å². The molecule has 0 amide bonds. The molecule has 35 heavy (non-hydrogen) atoms. The minimum absolute atomic E-state index is 0.0860. The summed E-state index contributed by atoms with van der Waals surface area (Å²) in [6.45, 7) is 14.3. The molecule has 1 aromatic heterocycles. The first-order chi connectivity index (χ1) is 16.6. The molecule has 0 fully saturated rings. The van der Waals surface area contributed by atoms with Crippen molar-refractivity contribution in [2.24, 2.45) is 0 Å². The summed E-state index contributed by atoms with van der Waals surface area (Å²) in [6, 6.07) is 21.2. The summed E-state index contributed by atoms with van der Waals surface area (Å²) in [7, 11) is -0.0860. The van der Waals surface area contributed by atoms with Crippen LogP contribution in [0, 0.1) is 20.8 Å². The monoisotopic (exact) mass is 487 g/mol. The maximum Gasteiger partial charge on any atom is 0.345 e. The van der Waals surface area contributed by atoms with Gasteiger partial charge in [0.1, 0.15) is 16.7 Å². The average molecular weight is 488 g/mol. The number of fused-ring (bicyclic) bond motifs is 1. The van der Waals surface area contributed by atoms with Gasteiger partial charge in [-0.1, -0.05) is 50.2 Å². The first-order valence-corrected chi connectivity index (χ1v) is 13.4. The van der Waals surface area contributed by atoms with Crippen molar-refractivity contribution in [2.75, 3.05) is 6.61 Å². The van der Waals surface area contributed by atoms with Crippen molar-refractivity contribution in [1.82, 2.24) is 0 Å². The summed E-state index contributed by atoms with van der Waals surface area (Å²) >= 11 is 0. The molecule has 0 aliphatic rings. The quantitative estimate of drug-likeness (QED) is 0.194. The fraction of sp³-hybridized carbons (Fsp3) is 0.323. The van der Waals surface area contributed by atoms with Crippen LogP contribution in [0.3, 0.4) is 0 Å². The normalized spacial score (nSPS) is 12.3. The van der Waals surface area contributed by atoms with Crippen molar-refractivity contribution >= 4 is 26.5 Å². The molecule has 0 spiro atoms. The molecule has 4 aromatic rings. The van der Waals surface area contributed by atoms with Gasteiger partial charge >= 0.3 is 5.97 Å². The second-order valence-electron chi connectivity index (χ2n) is 10.1. The molecule has 0 saturated heterocycles. The van der Waals surface area contributed by atoms with Gasteiger partial charge < -0.3 is 9.47 Å². The Hall–Kier alpha value is -3.11. The Morgan fingerprint density at radius 2 is 1.54 bits per heavy atom. The first kappa shape index (κ1) is 25.0. The second kappa shape index (κ2) is 9.87. The molecule has 0 N–H and O–H groups in total. The Morgan fingerprint density at radius 3 is 2.17 bits per heavy atom. The van der Waals surface area contributed by atoms with Crippen LogP contribution in [0.15, 0.2) is 66.0 Å². The molecule has 1 heterocycles. The number of carbonyl (C=O) groups is 1. The molecular formula is C31H35O3S+. The Labute approximate surface area is 211 Å². The molecule has 0 aliphatic carbocycles. The number of rotatable bonds is 7. The Kier molecular flexibility index (Phi) is 7.05. The number of hydrogen-bond donors (Lipinski definition) is 0. The van der Waals surface area contributed by atoms with Gasteiger partial charge in [0.25, 0.3) is 0 Å². The third kappa shape index (κ3) is 5.28. The molecule has 3 nitrogen and oxygen atoms in total. The number of benzene rings is 3. The van der Waals surface area contributed by atoms with E-state index in [1.54, 1.807) is 0 Å². The van der Waals surface area contributed by atoms with Gasteiger partial charge in [-0.3, -0.25) is 0 Å². The van der Waals surface area contributed by atoms with E-state index < -0.39 is 5.60 Å². The third-order valence-electron chi connectivity index (χ3n) is 6.51. The SMILES string of the molecule is Cc1cc(-[s+]2cc(C)c3ccccc32)cc(C)c1OCC(=O)OC(C)(C)c1ccc(C(C)C)cc1. The predicted octanol–water partition coefficient (Wildman–Crippen LogP) is 8.48. The maximum atomic E-state index is 12.7. The summed E-state index contributed by atoms with van der Waals surface area (Å²) in [5, 5.41) is 3.68. The Morgan fingerprint density at radius 1 is 0.914 bits per heavy atom. The second-order valence-corrected chi connectivity index (χ2v) is 11.9. The van der Waals surface area contributed by atoms with Gasteiger partial charge in [-0.05, 0) is 74.9 Å². The summed E-state index contributed by atoms with van der Waals surface area (Å²) in [5.74, 6) is 0.836. The summed E-state index contributed by atoms with van der Waals surface area (Å²) in [6.07, 6.45) is 0. The molecule has 4 heteroatoms. The first-order valence-electron chi connectivity index (χ1n) is 12.1. The van der Waals surface area contributed by atoms with Crippen LogP contribution in [0.4, 0.5) is 0 Å². The van der Waals surface area contributed by atoms with Crippen molar-refractivity contribution in [3.05, 3.63) is 93.9 Å². The van der Waals surface area contributed by atoms with Crippen molar-refractivity contribution in [3.8, 4) is 10.6 Å². The smallest absolute Gasteiger partial charge is 0.345 e. The van der Waals surface area contributed by atoms with Gasteiger partial charge in [0, 0.05) is 33.6 Å². The molecule has 0 bridgehead atoms. The van der Waals surface area contributed by atoms with Crippen LogP contribution < -0.4 is 4.74 Å². The average Bonchev–Trinajstić information content (AvgIpc) is 3.15. The van der Waals surface area contributed by atoms with Gasteiger partial charge in [-0.15, -0.1) is 0 Å². The number of aryl methyl sites for hydroxylation is 3. The molecule has 1 atom stereocenters. The van der Waals surface area contributed by atoms with E-state index in [1.807, 2.05) is 39.8 Å². The largest absolute Gasteiger partial charge is 0.481 e. The van der Waals surface area contributed by atoms with Gasteiger partial charge in [-0.25, -0.2) is 4.79 Å². The van der Waals surface area contributed by atoms with Gasteiger partial charge in [0.2, 0.25) is 0 Å². The zero-order valence-electron chi connectivity index (χ0n) is 21.8. The molecule has 1 unspecified atom stereocenters. The zero-order chi connectivity index (χ0) is 25.3. The summed E-state index contributed by atoms with van der Waals surface area (Å²) in [5.41, 5.74) is 4.88. The van der Waals surface area contributed by atoms with Crippen LogP contribution in [0.1, 0.15) is 61.4 Å². The number of carbonyl (C=O) groups excluding carboxylic acids is 1. The number of esters is 1. The fourth-order valence-electron chi connectivity index (χ4n) is 4.52. The van der Waals surface area contributed by atoms with Crippen LogP contribution in [0.5, 0.6) is 5.75 Å². The number of hydrogen-bond acceptors (Lipinski definition) is 3. The topological polar surface area (TPSA) is 35.5 Å². The highest BCUT2D eigenvalue weighted by Crippen LogP contribution is 2.44. The van der Waals surface area contributed by atoms with Crippen LogP contribution in [0.25, 0.3) is 15.0 Å². The van der Waals surface area contributed by atoms with Crippen molar-refractivity contribution in [3.63, 3.8) is 0 Å². The van der Waals surface area contributed by atoms with E-state index in [0.29, 0.717) is 5.92 Å². The van der Waals surface area contributed by atoms with Crippen LogP contribution in [0.2, 0.25) is 0 Å². The standard InChI is InChI=1S/C31H35O3S/c1-20(2)24-12-14-25(15-13-24)31(6,7)34-29(32)18-33-30-21(3)16-26(17-22(30)4)35-19-23(5)27-10-8-9-11-28(27)35/h8-17,19-20H,18H2,1-7H3/q+1. The van der Waals surface area contributed by atoms with E-state index in [1.165, 1.54) is 26.1 Å². The summed E-state index contributed by atoms with van der Waals surface area (Å²) in [4.78, 5) is 14.0. The van der Waals surface area contributed by atoms with E-state index >= 15 is 0 Å². The van der Waals surface area contributed by atoms with Crippen molar-refractivity contribution in [1.29, 1.82) is 0 Å². The Balaban J connectivity index is 1.47. The molecular weight excluding hydrogens is 452 g/mol. The molecule has 4 rings (SSSR count). The molecule has 182 valence electrons. The highest BCUT2D eigenvalue weighted by molar-refractivity contribution is 7.43. The maximum absolute atomic E-state index is 12.7. The van der Waals surface area contributed by atoms with Crippen molar-refractivity contribution in [2.45, 2.75) is 60.0 Å². The third-order valence-corrected chi connectivity index (χ3v) is 8.67. The van der Waals surface area contributed by atoms with Gasteiger partial charge in [0.15, 0.2) is 16.2 Å². The molecule has 0 aliphatic heterocycles. The van der Waals surface area contributed by atoms with Gasteiger partial charge in [0.05, 0.1) is 0 Å². The lowest BCUT2D eigenvalue weighted by Crippen LogP contribution is -2.28. The molecule has 0 radical (unpaired) electrons. The van der Waals surface area contributed by atoms with E-state index in [-0.39, 0.29) is 23.0 Å². The summed E-state index contributed by atoms with van der Waals surface area (Å²) < 4.78 is 13.2. The number of thiophene rings is 1. The lowest BCUT2D eigenvalue weighted by molar-refractivity contribution is -0.159. The lowest BCUT2D eigenvalue weighted by Gasteiger charge is -2.26. The lowest BCUT2D eigenvalue weighted by atomic mass is 9.94. The van der Waals surface area contributed by atoms with E-state index in [9.17, 15) is 4.79 Å². The van der Waals surface area contributed by atoms with Crippen molar-refractivity contribution < 1.29 is 14.3 Å².